The Hall–Kier alpha value is -0.850. The topological polar surface area (TPSA) is 12.4 Å². The van der Waals surface area contributed by atoms with E-state index in [9.17, 15) is 0 Å². The Morgan fingerprint density at radius 1 is 1.08 bits per heavy atom. The van der Waals surface area contributed by atoms with Crippen LogP contribution in [0.5, 0.6) is 0 Å². The van der Waals surface area contributed by atoms with Crippen molar-refractivity contribution in [1.82, 2.24) is 0 Å². The maximum Gasteiger partial charge on any atom is 0.0375 e. The Balaban J connectivity index is 4.67. The van der Waals surface area contributed by atoms with Crippen LogP contribution < -0.4 is 0 Å². The van der Waals surface area contributed by atoms with Crippen molar-refractivity contribution in [3.63, 3.8) is 0 Å². The van der Waals surface area contributed by atoms with E-state index in [1.54, 1.807) is 0 Å². The fourth-order valence-corrected chi connectivity index (χ4v) is 1.07. The molecule has 1 heteroatoms. The highest BCUT2D eigenvalue weighted by Crippen LogP contribution is 2.09. The molecule has 0 aliphatic carbocycles. The summed E-state index contributed by atoms with van der Waals surface area (Å²) in [5.74, 6) is 0. The molecule has 0 aromatic carbocycles. The Kier molecular flexibility index (Phi) is 5.36. The van der Waals surface area contributed by atoms with E-state index < -0.39 is 0 Å². The molecule has 13 heavy (non-hydrogen) atoms. The maximum atomic E-state index is 4.51. The fraction of sp³-hybridized carbons (Fsp3) is 0.583. The summed E-state index contributed by atoms with van der Waals surface area (Å²) in [5, 5.41) is 0. The van der Waals surface area contributed by atoms with E-state index in [0.29, 0.717) is 0 Å². The van der Waals surface area contributed by atoms with Gasteiger partial charge in [-0.1, -0.05) is 18.1 Å². The normalized spacial score (nSPS) is 13.8. The van der Waals surface area contributed by atoms with Gasteiger partial charge >= 0.3 is 0 Å². The molecular weight excluding hydrogens is 158 g/mol. The first kappa shape index (κ1) is 12.2. The van der Waals surface area contributed by atoms with Crippen LogP contribution in [-0.4, -0.2) is 5.71 Å². The van der Waals surface area contributed by atoms with Crippen LogP contribution in [0.3, 0.4) is 0 Å². The van der Waals surface area contributed by atoms with Gasteiger partial charge in [0.15, 0.2) is 0 Å². The molecule has 0 fully saturated rings. The lowest BCUT2D eigenvalue weighted by Gasteiger charge is -2.00. The predicted molar refractivity (Wildman–Crippen MR) is 61.2 cm³/mol. The molecule has 74 valence electrons. The molecule has 0 aromatic heterocycles. The van der Waals surface area contributed by atoms with Crippen molar-refractivity contribution >= 4 is 5.71 Å². The van der Waals surface area contributed by atoms with Crippen molar-refractivity contribution in [3.05, 3.63) is 22.9 Å². The summed E-state index contributed by atoms with van der Waals surface area (Å²) < 4.78 is 0. The van der Waals surface area contributed by atoms with Crippen LogP contribution in [0.1, 0.15) is 48.0 Å². The lowest BCUT2D eigenvalue weighted by atomic mass is 10.2. The molecule has 0 amide bonds. The highest BCUT2D eigenvalue weighted by atomic mass is 14.7. The summed E-state index contributed by atoms with van der Waals surface area (Å²) in [4.78, 5) is 4.51. The summed E-state index contributed by atoms with van der Waals surface area (Å²) in [5.41, 5.74) is 4.90. The molecule has 0 heterocycles. The zero-order valence-corrected chi connectivity index (χ0v) is 9.73. The third kappa shape index (κ3) is 5.40. The molecule has 0 unspecified atom stereocenters. The highest BCUT2D eigenvalue weighted by molar-refractivity contribution is 5.93. The van der Waals surface area contributed by atoms with Gasteiger partial charge in [0.2, 0.25) is 0 Å². The van der Waals surface area contributed by atoms with Gasteiger partial charge in [0.25, 0.3) is 0 Å². The van der Waals surface area contributed by atoms with Crippen LogP contribution in [0, 0.1) is 0 Å². The average molecular weight is 179 g/mol. The predicted octanol–water partition coefficient (Wildman–Crippen LogP) is 4.12. The van der Waals surface area contributed by atoms with Crippen molar-refractivity contribution in [2.75, 3.05) is 0 Å². The molecule has 0 saturated carbocycles. The van der Waals surface area contributed by atoms with E-state index in [-0.39, 0.29) is 0 Å². The van der Waals surface area contributed by atoms with Gasteiger partial charge < -0.3 is 0 Å². The summed E-state index contributed by atoms with van der Waals surface area (Å²) in [6.07, 6.45) is 3.18. The SMILES string of the molecule is CC/C(C)=C(\C)N=C(C)C=C(C)C. The third-order valence-electron chi connectivity index (χ3n) is 1.99. The smallest absolute Gasteiger partial charge is 0.0375 e. The number of allylic oxidation sites excluding steroid dienone is 4. The Morgan fingerprint density at radius 2 is 1.62 bits per heavy atom. The zero-order chi connectivity index (χ0) is 10.4. The first-order chi connectivity index (χ1) is 5.97. The van der Waals surface area contributed by atoms with Crippen molar-refractivity contribution in [3.8, 4) is 0 Å². The largest absolute Gasteiger partial charge is 0.259 e. The zero-order valence-electron chi connectivity index (χ0n) is 9.73. The first-order valence-corrected chi connectivity index (χ1v) is 4.84. The van der Waals surface area contributed by atoms with Crippen molar-refractivity contribution < 1.29 is 0 Å². The second-order valence-electron chi connectivity index (χ2n) is 3.69. The third-order valence-corrected chi connectivity index (χ3v) is 1.99. The molecule has 0 aromatic rings. The summed E-state index contributed by atoms with van der Waals surface area (Å²) >= 11 is 0. The van der Waals surface area contributed by atoms with Gasteiger partial charge in [0.05, 0.1) is 0 Å². The van der Waals surface area contributed by atoms with E-state index >= 15 is 0 Å². The van der Waals surface area contributed by atoms with Crippen LogP contribution in [0.25, 0.3) is 0 Å². The Bertz CT molecular complexity index is 250. The molecule has 0 aliphatic heterocycles. The molecule has 0 rings (SSSR count). The highest BCUT2D eigenvalue weighted by Gasteiger charge is 1.92. The Labute approximate surface area is 82.3 Å². The van der Waals surface area contributed by atoms with Crippen molar-refractivity contribution in [1.29, 1.82) is 0 Å². The van der Waals surface area contributed by atoms with E-state index in [4.69, 9.17) is 0 Å². The van der Waals surface area contributed by atoms with Crippen LogP contribution in [0.2, 0.25) is 0 Å². The molecule has 0 N–H and O–H groups in total. The van der Waals surface area contributed by atoms with Gasteiger partial charge in [-0.25, -0.2) is 0 Å². The fourth-order valence-electron chi connectivity index (χ4n) is 1.07. The molecule has 0 atom stereocenters. The minimum Gasteiger partial charge on any atom is -0.259 e. The minimum absolute atomic E-state index is 1.08. The van der Waals surface area contributed by atoms with Gasteiger partial charge in [-0.3, -0.25) is 4.99 Å². The molecule has 0 aliphatic rings. The van der Waals surface area contributed by atoms with E-state index in [1.807, 2.05) is 6.92 Å². The van der Waals surface area contributed by atoms with Gasteiger partial charge in [-0.15, -0.1) is 0 Å². The van der Waals surface area contributed by atoms with E-state index in [2.05, 4.69) is 45.7 Å². The van der Waals surface area contributed by atoms with Crippen molar-refractivity contribution in [2.24, 2.45) is 4.99 Å². The minimum atomic E-state index is 1.08. The summed E-state index contributed by atoms with van der Waals surface area (Å²) in [6.45, 7) is 12.6. The quantitative estimate of drug-likeness (QED) is 0.578. The van der Waals surface area contributed by atoms with E-state index in [0.717, 1.165) is 17.8 Å². The lowest BCUT2D eigenvalue weighted by Crippen LogP contribution is -1.88. The number of rotatable bonds is 3. The molecule has 0 saturated heterocycles. The average Bonchev–Trinajstić information content (AvgIpc) is 2.01. The Morgan fingerprint density at radius 3 is 2.00 bits per heavy atom. The molecule has 0 spiro atoms. The van der Waals surface area contributed by atoms with Crippen LogP contribution in [0.15, 0.2) is 27.9 Å². The molecule has 1 nitrogen and oxygen atoms in total. The van der Waals surface area contributed by atoms with Gasteiger partial charge in [0.1, 0.15) is 0 Å². The van der Waals surface area contributed by atoms with Gasteiger partial charge in [0, 0.05) is 11.4 Å². The van der Waals surface area contributed by atoms with Crippen molar-refractivity contribution in [2.45, 2.75) is 48.0 Å². The van der Waals surface area contributed by atoms with Gasteiger partial charge in [-0.2, -0.15) is 0 Å². The summed E-state index contributed by atoms with van der Waals surface area (Å²) in [6, 6.07) is 0. The van der Waals surface area contributed by atoms with Crippen LogP contribution in [0.4, 0.5) is 0 Å². The standard InChI is InChI=1S/C12H21N/c1-7-10(4)12(6)13-11(5)8-9(2)3/h8H,7H2,1-6H3/b12-10+,13-11?. The molecular formula is C12H21N. The lowest BCUT2D eigenvalue weighted by molar-refractivity contribution is 1.04. The second-order valence-corrected chi connectivity index (χ2v) is 3.69. The number of nitrogens with zero attached hydrogens (tertiary/aromatic N) is 1. The number of hydrogen-bond acceptors (Lipinski definition) is 1. The maximum absolute atomic E-state index is 4.51. The molecule has 0 radical (unpaired) electrons. The van der Waals surface area contributed by atoms with Crippen LogP contribution in [-0.2, 0) is 0 Å². The van der Waals surface area contributed by atoms with E-state index in [1.165, 1.54) is 11.1 Å². The number of aliphatic imine (C=N–C) groups is 1. The second kappa shape index (κ2) is 5.74. The van der Waals surface area contributed by atoms with Crippen LogP contribution >= 0.6 is 0 Å². The number of hydrogen-bond donors (Lipinski definition) is 0. The van der Waals surface area contributed by atoms with Gasteiger partial charge in [-0.05, 0) is 47.1 Å². The monoisotopic (exact) mass is 179 g/mol. The summed E-state index contributed by atoms with van der Waals surface area (Å²) in [7, 11) is 0. The molecule has 0 bridgehead atoms. The first-order valence-electron chi connectivity index (χ1n) is 4.84.